The molecular weight excluding hydrogens is 298 g/mol. The highest BCUT2D eigenvalue weighted by molar-refractivity contribution is 5.94. The molecule has 0 unspecified atom stereocenters. The molecule has 122 valence electrons. The Bertz CT molecular complexity index is 684. The van der Waals surface area contributed by atoms with Crippen molar-refractivity contribution in [1.82, 2.24) is 0 Å². The van der Waals surface area contributed by atoms with Gasteiger partial charge in [-0.25, -0.2) is 8.78 Å². The minimum Gasteiger partial charge on any atom is -0.360 e. The molecular formula is C18H20F2N2O. The van der Waals surface area contributed by atoms with Gasteiger partial charge >= 0.3 is 0 Å². The molecule has 0 atom stereocenters. The molecule has 2 rings (SSSR count). The number of hydrogen-bond acceptors (Lipinski definition) is 2. The fourth-order valence-corrected chi connectivity index (χ4v) is 2.25. The largest absolute Gasteiger partial charge is 0.360 e. The molecule has 0 fully saturated rings. The first-order valence-corrected chi connectivity index (χ1v) is 7.45. The third kappa shape index (κ3) is 4.52. The lowest BCUT2D eigenvalue weighted by Crippen LogP contribution is -2.38. The van der Waals surface area contributed by atoms with Gasteiger partial charge in [0.1, 0.15) is 11.6 Å². The van der Waals surface area contributed by atoms with Crippen LogP contribution in [0.5, 0.6) is 0 Å². The van der Waals surface area contributed by atoms with E-state index >= 15 is 0 Å². The Kier molecular flexibility index (Phi) is 5.32. The number of carbonyl (C=O) groups is 1. The fraction of sp³-hybridized carbons (Fsp3) is 0.278. The van der Waals surface area contributed by atoms with E-state index < -0.39 is 17.5 Å². The van der Waals surface area contributed by atoms with Crippen LogP contribution in [0.4, 0.5) is 20.2 Å². The molecule has 0 aliphatic rings. The van der Waals surface area contributed by atoms with Gasteiger partial charge in [0.15, 0.2) is 0 Å². The minimum absolute atomic E-state index is 0.0523. The second-order valence-electron chi connectivity index (χ2n) is 5.73. The van der Waals surface area contributed by atoms with E-state index in [1.165, 1.54) is 0 Å². The topological polar surface area (TPSA) is 32.3 Å². The van der Waals surface area contributed by atoms with Gasteiger partial charge in [0.25, 0.3) is 0 Å². The van der Waals surface area contributed by atoms with Gasteiger partial charge in [0, 0.05) is 17.8 Å². The molecule has 23 heavy (non-hydrogen) atoms. The summed E-state index contributed by atoms with van der Waals surface area (Å²) < 4.78 is 26.8. The summed E-state index contributed by atoms with van der Waals surface area (Å²) in [5.41, 5.74) is 1.88. The fourth-order valence-electron chi connectivity index (χ4n) is 2.25. The van der Waals surface area contributed by atoms with Gasteiger partial charge in [0.05, 0.1) is 12.2 Å². The summed E-state index contributed by atoms with van der Waals surface area (Å²) in [4.78, 5) is 14.1. The molecule has 0 heterocycles. The van der Waals surface area contributed by atoms with E-state index in [0.717, 1.165) is 29.4 Å². The molecule has 0 aromatic heterocycles. The number of aryl methyl sites for hydroxylation is 1. The van der Waals surface area contributed by atoms with E-state index in [-0.39, 0.29) is 18.3 Å². The maximum atomic E-state index is 13.6. The summed E-state index contributed by atoms with van der Waals surface area (Å²) in [7, 11) is 0. The highest BCUT2D eigenvalue weighted by Crippen LogP contribution is 2.19. The van der Waals surface area contributed by atoms with Crippen molar-refractivity contribution in [1.29, 1.82) is 0 Å². The van der Waals surface area contributed by atoms with Gasteiger partial charge in [-0.05, 0) is 45.0 Å². The maximum absolute atomic E-state index is 13.6. The summed E-state index contributed by atoms with van der Waals surface area (Å²) in [5.74, 6) is -1.66. The number of halogens is 2. The molecule has 5 heteroatoms. The van der Waals surface area contributed by atoms with Crippen molar-refractivity contribution in [2.45, 2.75) is 26.8 Å². The van der Waals surface area contributed by atoms with Crippen LogP contribution >= 0.6 is 0 Å². The van der Waals surface area contributed by atoms with Crippen LogP contribution in [0.2, 0.25) is 0 Å². The van der Waals surface area contributed by atoms with E-state index in [9.17, 15) is 13.6 Å². The monoisotopic (exact) mass is 318 g/mol. The number of hydrogen-bond donors (Lipinski definition) is 1. The van der Waals surface area contributed by atoms with E-state index in [4.69, 9.17) is 0 Å². The summed E-state index contributed by atoms with van der Waals surface area (Å²) in [6.45, 7) is 5.98. The number of benzene rings is 2. The van der Waals surface area contributed by atoms with Gasteiger partial charge in [0.2, 0.25) is 5.91 Å². The molecule has 3 nitrogen and oxygen atoms in total. The standard InChI is InChI=1S/C18H20F2N2O/c1-12(2)22(15-7-4-13(3)5-8-15)11-18(23)21-17-10-14(19)6-9-16(17)20/h4-10,12H,11H2,1-3H3,(H,21,23). The lowest BCUT2D eigenvalue weighted by Gasteiger charge is -2.28. The van der Waals surface area contributed by atoms with E-state index in [1.54, 1.807) is 0 Å². The molecule has 0 spiro atoms. The van der Waals surface area contributed by atoms with Gasteiger partial charge in [-0.1, -0.05) is 17.7 Å². The lowest BCUT2D eigenvalue weighted by molar-refractivity contribution is -0.115. The summed E-state index contributed by atoms with van der Waals surface area (Å²) in [6.07, 6.45) is 0. The average Bonchev–Trinajstić information content (AvgIpc) is 2.49. The van der Waals surface area contributed by atoms with Crippen molar-refractivity contribution in [3.05, 3.63) is 59.7 Å². The van der Waals surface area contributed by atoms with Crippen molar-refractivity contribution in [3.8, 4) is 0 Å². The molecule has 1 amide bonds. The molecule has 0 saturated carbocycles. The van der Waals surface area contributed by atoms with Crippen molar-refractivity contribution in [2.24, 2.45) is 0 Å². The van der Waals surface area contributed by atoms with Crippen LogP contribution in [0.25, 0.3) is 0 Å². The van der Waals surface area contributed by atoms with E-state index in [2.05, 4.69) is 5.32 Å². The zero-order valence-corrected chi connectivity index (χ0v) is 13.4. The van der Waals surface area contributed by atoms with Crippen LogP contribution in [0.15, 0.2) is 42.5 Å². The van der Waals surface area contributed by atoms with Gasteiger partial charge in [-0.2, -0.15) is 0 Å². The summed E-state index contributed by atoms with van der Waals surface area (Å²) in [6, 6.07) is 10.9. The summed E-state index contributed by atoms with van der Waals surface area (Å²) in [5, 5.41) is 2.42. The smallest absolute Gasteiger partial charge is 0.243 e. The van der Waals surface area contributed by atoms with Crippen LogP contribution in [-0.4, -0.2) is 18.5 Å². The van der Waals surface area contributed by atoms with Gasteiger partial charge in [-0.3, -0.25) is 4.79 Å². The minimum atomic E-state index is -0.661. The molecule has 0 aliphatic carbocycles. The van der Waals surface area contributed by atoms with Crippen molar-refractivity contribution < 1.29 is 13.6 Å². The quantitative estimate of drug-likeness (QED) is 0.899. The Morgan fingerprint density at radius 3 is 2.39 bits per heavy atom. The van der Waals surface area contributed by atoms with E-state index in [0.29, 0.717) is 0 Å². The highest BCUT2D eigenvalue weighted by Gasteiger charge is 2.16. The summed E-state index contributed by atoms with van der Waals surface area (Å²) >= 11 is 0. The zero-order chi connectivity index (χ0) is 17.0. The number of anilines is 2. The van der Waals surface area contributed by atoms with Crippen molar-refractivity contribution >= 4 is 17.3 Å². The second-order valence-corrected chi connectivity index (χ2v) is 5.73. The maximum Gasteiger partial charge on any atom is 0.243 e. The Morgan fingerprint density at radius 1 is 1.13 bits per heavy atom. The van der Waals surface area contributed by atoms with Crippen LogP contribution in [-0.2, 0) is 4.79 Å². The van der Waals surface area contributed by atoms with Crippen LogP contribution in [0.3, 0.4) is 0 Å². The number of amides is 1. The molecule has 0 radical (unpaired) electrons. The number of carbonyl (C=O) groups excluding carboxylic acids is 1. The Balaban J connectivity index is 2.12. The SMILES string of the molecule is Cc1ccc(N(CC(=O)Nc2cc(F)ccc2F)C(C)C)cc1. The predicted molar refractivity (Wildman–Crippen MR) is 88.6 cm³/mol. The molecule has 0 bridgehead atoms. The third-order valence-corrected chi connectivity index (χ3v) is 3.51. The van der Waals surface area contributed by atoms with Crippen molar-refractivity contribution in [3.63, 3.8) is 0 Å². The Hall–Kier alpha value is -2.43. The molecule has 0 saturated heterocycles. The first kappa shape index (κ1) is 16.9. The molecule has 2 aromatic rings. The average molecular weight is 318 g/mol. The number of nitrogens with zero attached hydrogens (tertiary/aromatic N) is 1. The third-order valence-electron chi connectivity index (χ3n) is 3.51. The zero-order valence-electron chi connectivity index (χ0n) is 13.4. The van der Waals surface area contributed by atoms with Gasteiger partial charge in [-0.15, -0.1) is 0 Å². The lowest BCUT2D eigenvalue weighted by atomic mass is 10.2. The highest BCUT2D eigenvalue weighted by atomic mass is 19.1. The van der Waals surface area contributed by atoms with Crippen molar-refractivity contribution in [2.75, 3.05) is 16.8 Å². The predicted octanol–water partition coefficient (Wildman–Crippen LogP) is 4.13. The normalized spacial score (nSPS) is 10.7. The van der Waals surface area contributed by atoms with Crippen LogP contribution in [0, 0.1) is 18.6 Å². The van der Waals surface area contributed by atoms with Gasteiger partial charge < -0.3 is 10.2 Å². The first-order valence-electron chi connectivity index (χ1n) is 7.45. The molecule has 0 aliphatic heterocycles. The second kappa shape index (κ2) is 7.22. The molecule has 2 aromatic carbocycles. The van der Waals surface area contributed by atoms with Crippen LogP contribution in [0.1, 0.15) is 19.4 Å². The Labute approximate surface area is 134 Å². The van der Waals surface area contributed by atoms with Crippen LogP contribution < -0.4 is 10.2 Å². The number of rotatable bonds is 5. The first-order chi connectivity index (χ1) is 10.9. The molecule has 1 N–H and O–H groups in total. The Morgan fingerprint density at radius 2 is 1.78 bits per heavy atom. The van der Waals surface area contributed by atoms with E-state index in [1.807, 2.05) is 49.9 Å². The number of nitrogens with one attached hydrogen (secondary N) is 1.